The number of hydrogen-bond donors (Lipinski definition) is 2. The number of nitrogens with one attached hydrogen (secondary N) is 2. The molecule has 0 fully saturated rings. The van der Waals surface area contributed by atoms with Crippen LogP contribution in [0.15, 0.2) is 21.4 Å². The summed E-state index contributed by atoms with van der Waals surface area (Å²) >= 11 is 7.19. The molecular weight excluding hydrogens is 336 g/mol. The van der Waals surface area contributed by atoms with Gasteiger partial charge in [0.15, 0.2) is 0 Å². The molecule has 1 aromatic heterocycles. The average Bonchev–Trinajstić information content (AvgIpc) is 2.54. The number of H-pyrrole nitrogens is 2. The van der Waals surface area contributed by atoms with Crippen molar-refractivity contribution >= 4 is 42.9 Å². The summed E-state index contributed by atoms with van der Waals surface area (Å²) in [6.45, 7) is 4.30. The van der Waals surface area contributed by atoms with Gasteiger partial charge in [0.2, 0.25) is 0 Å². The molecular formula is C11H12Br2N2O. The largest absolute Gasteiger partial charge is 0.323 e. The van der Waals surface area contributed by atoms with E-state index in [1.54, 1.807) is 0 Å². The Bertz CT molecular complexity index is 571. The molecule has 1 atom stereocenters. The Labute approximate surface area is 110 Å². The molecule has 0 bridgehead atoms. The standard InChI is InChI=1S/C11H12Br2N2O/c1-5(2)10(13)6-3-8-9(4-7(6)12)15-11(16)14-8/h3-5,10H,1-2H3,(H2,14,15,16). The second kappa shape index (κ2) is 4.37. The van der Waals surface area contributed by atoms with E-state index in [4.69, 9.17) is 0 Å². The maximum Gasteiger partial charge on any atom is 0.323 e. The topological polar surface area (TPSA) is 48.6 Å². The predicted octanol–water partition coefficient (Wildman–Crippen LogP) is 3.71. The summed E-state index contributed by atoms with van der Waals surface area (Å²) < 4.78 is 1.01. The zero-order chi connectivity index (χ0) is 11.9. The highest BCUT2D eigenvalue weighted by molar-refractivity contribution is 9.11. The van der Waals surface area contributed by atoms with Crippen LogP contribution in [0, 0.1) is 5.92 Å². The Morgan fingerprint density at radius 2 is 1.75 bits per heavy atom. The van der Waals surface area contributed by atoms with Gasteiger partial charge >= 0.3 is 5.69 Å². The summed E-state index contributed by atoms with van der Waals surface area (Å²) in [4.78, 5) is 17.0. The van der Waals surface area contributed by atoms with E-state index in [-0.39, 0.29) is 10.5 Å². The van der Waals surface area contributed by atoms with Crippen LogP contribution >= 0.6 is 31.9 Å². The average molecular weight is 348 g/mol. The number of aromatic amines is 2. The van der Waals surface area contributed by atoms with E-state index in [2.05, 4.69) is 55.7 Å². The van der Waals surface area contributed by atoms with Gasteiger partial charge in [0.25, 0.3) is 0 Å². The fourth-order valence-corrected chi connectivity index (χ4v) is 2.92. The molecule has 1 unspecified atom stereocenters. The van der Waals surface area contributed by atoms with Crippen molar-refractivity contribution in [1.29, 1.82) is 0 Å². The molecule has 0 saturated carbocycles. The maximum atomic E-state index is 11.2. The molecule has 0 amide bonds. The smallest absolute Gasteiger partial charge is 0.306 e. The number of aromatic nitrogens is 2. The number of hydrogen-bond acceptors (Lipinski definition) is 1. The number of alkyl halides is 1. The molecule has 0 spiro atoms. The van der Waals surface area contributed by atoms with E-state index >= 15 is 0 Å². The van der Waals surface area contributed by atoms with Gasteiger partial charge < -0.3 is 9.97 Å². The van der Waals surface area contributed by atoms with E-state index < -0.39 is 0 Å². The lowest BCUT2D eigenvalue weighted by Crippen LogP contribution is -2.00. The number of benzene rings is 1. The molecule has 2 N–H and O–H groups in total. The van der Waals surface area contributed by atoms with Gasteiger partial charge in [-0.15, -0.1) is 0 Å². The second-order valence-corrected chi connectivity index (χ2v) is 5.99. The number of fused-ring (bicyclic) bond motifs is 1. The van der Waals surface area contributed by atoms with Crippen LogP contribution < -0.4 is 5.69 Å². The van der Waals surface area contributed by atoms with Gasteiger partial charge in [0, 0.05) is 9.30 Å². The molecule has 86 valence electrons. The zero-order valence-electron chi connectivity index (χ0n) is 8.97. The maximum absolute atomic E-state index is 11.2. The van der Waals surface area contributed by atoms with Gasteiger partial charge in [-0.05, 0) is 23.6 Å². The fourth-order valence-electron chi connectivity index (χ4n) is 1.64. The van der Waals surface area contributed by atoms with Crippen LogP contribution in [0.3, 0.4) is 0 Å². The fraction of sp³-hybridized carbons (Fsp3) is 0.364. The monoisotopic (exact) mass is 346 g/mol. The van der Waals surface area contributed by atoms with E-state index in [1.807, 2.05) is 12.1 Å². The van der Waals surface area contributed by atoms with Crippen molar-refractivity contribution in [2.45, 2.75) is 18.7 Å². The second-order valence-electron chi connectivity index (χ2n) is 4.14. The third kappa shape index (κ3) is 2.11. The Hall–Kier alpha value is -0.550. The van der Waals surface area contributed by atoms with E-state index in [1.165, 1.54) is 0 Å². The molecule has 5 heteroatoms. The van der Waals surface area contributed by atoms with Crippen molar-refractivity contribution in [3.05, 3.63) is 32.7 Å². The molecule has 0 aliphatic carbocycles. The van der Waals surface area contributed by atoms with Gasteiger partial charge in [-0.3, -0.25) is 0 Å². The van der Waals surface area contributed by atoms with Crippen molar-refractivity contribution in [2.75, 3.05) is 0 Å². The molecule has 0 saturated heterocycles. The van der Waals surface area contributed by atoms with Crippen molar-refractivity contribution in [3.8, 4) is 0 Å². The summed E-state index contributed by atoms with van der Waals surface area (Å²) in [7, 11) is 0. The molecule has 1 aromatic carbocycles. The Kier molecular flexibility index (Phi) is 3.26. The summed E-state index contributed by atoms with van der Waals surface area (Å²) in [6, 6.07) is 3.93. The normalized spacial score (nSPS) is 13.6. The lowest BCUT2D eigenvalue weighted by Gasteiger charge is -2.15. The molecule has 3 nitrogen and oxygen atoms in total. The summed E-state index contributed by atoms with van der Waals surface area (Å²) in [6.07, 6.45) is 0. The van der Waals surface area contributed by atoms with E-state index in [0.717, 1.165) is 21.1 Å². The molecule has 1 heterocycles. The highest BCUT2D eigenvalue weighted by Crippen LogP contribution is 2.36. The van der Waals surface area contributed by atoms with Crippen LogP contribution in [0.1, 0.15) is 24.2 Å². The van der Waals surface area contributed by atoms with Gasteiger partial charge in [0.05, 0.1) is 11.0 Å². The lowest BCUT2D eigenvalue weighted by molar-refractivity contribution is 0.640. The van der Waals surface area contributed by atoms with Crippen molar-refractivity contribution in [2.24, 2.45) is 5.92 Å². The van der Waals surface area contributed by atoms with Crippen LogP contribution in [0.4, 0.5) is 0 Å². The molecule has 0 aliphatic rings. The SMILES string of the molecule is CC(C)C(Br)c1cc2[nH]c(=O)[nH]c2cc1Br. The van der Waals surface area contributed by atoms with Crippen LogP contribution in [-0.2, 0) is 0 Å². The van der Waals surface area contributed by atoms with Crippen LogP contribution in [0.2, 0.25) is 0 Å². The van der Waals surface area contributed by atoms with Gasteiger partial charge in [-0.25, -0.2) is 4.79 Å². The first-order valence-corrected chi connectivity index (χ1v) is 6.75. The molecule has 0 radical (unpaired) electrons. The molecule has 2 aromatic rings. The molecule has 16 heavy (non-hydrogen) atoms. The minimum atomic E-state index is -0.172. The first kappa shape index (κ1) is 11.9. The van der Waals surface area contributed by atoms with Gasteiger partial charge in [-0.1, -0.05) is 45.7 Å². The highest BCUT2D eigenvalue weighted by atomic mass is 79.9. The number of imidazole rings is 1. The van der Waals surface area contributed by atoms with E-state index in [0.29, 0.717) is 5.92 Å². The first-order chi connectivity index (χ1) is 7.49. The van der Waals surface area contributed by atoms with Crippen LogP contribution in [0.5, 0.6) is 0 Å². The minimum absolute atomic E-state index is 0.172. The predicted molar refractivity (Wildman–Crippen MR) is 73.1 cm³/mol. The Morgan fingerprint density at radius 1 is 1.19 bits per heavy atom. The summed E-state index contributed by atoms with van der Waals surface area (Å²) in [5.41, 5.74) is 2.64. The third-order valence-electron chi connectivity index (χ3n) is 2.52. The quantitative estimate of drug-likeness (QED) is 0.799. The third-order valence-corrected chi connectivity index (χ3v) is 4.75. The van der Waals surface area contributed by atoms with Crippen LogP contribution in [-0.4, -0.2) is 9.97 Å². The highest BCUT2D eigenvalue weighted by Gasteiger charge is 2.16. The Balaban J connectivity index is 2.61. The number of halogens is 2. The first-order valence-electron chi connectivity index (χ1n) is 5.04. The van der Waals surface area contributed by atoms with Crippen molar-refractivity contribution in [3.63, 3.8) is 0 Å². The minimum Gasteiger partial charge on any atom is -0.306 e. The van der Waals surface area contributed by atoms with Crippen molar-refractivity contribution < 1.29 is 0 Å². The van der Waals surface area contributed by atoms with E-state index in [9.17, 15) is 4.79 Å². The van der Waals surface area contributed by atoms with Crippen molar-refractivity contribution in [1.82, 2.24) is 9.97 Å². The van der Waals surface area contributed by atoms with Gasteiger partial charge in [-0.2, -0.15) is 0 Å². The lowest BCUT2D eigenvalue weighted by atomic mass is 10.0. The van der Waals surface area contributed by atoms with Crippen LogP contribution in [0.25, 0.3) is 11.0 Å². The van der Waals surface area contributed by atoms with Gasteiger partial charge in [0.1, 0.15) is 0 Å². The molecule has 0 aliphatic heterocycles. The zero-order valence-corrected chi connectivity index (χ0v) is 12.1. The molecule has 2 rings (SSSR count). The number of rotatable bonds is 2. The summed E-state index contributed by atoms with van der Waals surface area (Å²) in [5.74, 6) is 0.486. The summed E-state index contributed by atoms with van der Waals surface area (Å²) in [5, 5.41) is 0. The Morgan fingerprint density at radius 3 is 2.31 bits per heavy atom.